The van der Waals surface area contributed by atoms with E-state index in [1.54, 1.807) is 7.11 Å². The van der Waals surface area contributed by atoms with Gasteiger partial charge in [-0.1, -0.05) is 20.3 Å². The van der Waals surface area contributed by atoms with Crippen LogP contribution in [0.5, 0.6) is 0 Å². The average molecular weight is 146 g/mol. The first-order valence-electron chi connectivity index (χ1n) is 3.96. The summed E-state index contributed by atoms with van der Waals surface area (Å²) in [6.07, 6.45) is 3.59. The quantitative estimate of drug-likeness (QED) is 0.325. The van der Waals surface area contributed by atoms with Crippen LogP contribution < -0.4 is 0 Å². The third kappa shape index (κ3) is 6.05. The zero-order chi connectivity index (χ0) is 7.82. The van der Waals surface area contributed by atoms with Gasteiger partial charge in [-0.3, -0.25) is 0 Å². The van der Waals surface area contributed by atoms with Gasteiger partial charge in [0.2, 0.25) is 0 Å². The molecule has 0 saturated heterocycles. The zero-order valence-corrected chi connectivity index (χ0v) is 7.22. The van der Waals surface area contributed by atoms with Crippen molar-refractivity contribution in [1.29, 1.82) is 0 Å². The molecule has 0 aliphatic heterocycles. The van der Waals surface area contributed by atoms with Crippen molar-refractivity contribution in [3.8, 4) is 0 Å². The molecule has 0 bridgehead atoms. The molecule has 0 unspecified atom stereocenters. The summed E-state index contributed by atoms with van der Waals surface area (Å²) in [6, 6.07) is 0. The summed E-state index contributed by atoms with van der Waals surface area (Å²) in [7, 11) is 1.54. The van der Waals surface area contributed by atoms with Gasteiger partial charge < -0.3 is 0 Å². The monoisotopic (exact) mass is 146 g/mol. The molecule has 0 saturated carbocycles. The van der Waals surface area contributed by atoms with Gasteiger partial charge in [-0.2, -0.15) is 0 Å². The maximum atomic E-state index is 4.73. The molecule has 0 heterocycles. The van der Waals surface area contributed by atoms with Crippen LogP contribution in [0, 0.1) is 5.92 Å². The maximum absolute atomic E-state index is 4.73. The molecule has 0 fully saturated rings. The Kier molecular flexibility index (Phi) is 6.98. The predicted molar refractivity (Wildman–Crippen MR) is 41.7 cm³/mol. The van der Waals surface area contributed by atoms with Crippen molar-refractivity contribution in [2.75, 3.05) is 13.7 Å². The number of hydrogen-bond acceptors (Lipinski definition) is 2. The molecule has 0 aliphatic carbocycles. The van der Waals surface area contributed by atoms with E-state index in [1.165, 1.54) is 12.8 Å². The molecule has 1 atom stereocenters. The molecule has 0 aliphatic rings. The normalized spacial score (nSPS) is 13.5. The first-order valence-corrected chi connectivity index (χ1v) is 3.96. The van der Waals surface area contributed by atoms with Crippen LogP contribution in [-0.4, -0.2) is 13.7 Å². The van der Waals surface area contributed by atoms with Crippen LogP contribution in [0.15, 0.2) is 0 Å². The van der Waals surface area contributed by atoms with Crippen molar-refractivity contribution in [2.45, 2.75) is 33.1 Å². The van der Waals surface area contributed by atoms with Gasteiger partial charge in [0, 0.05) is 0 Å². The van der Waals surface area contributed by atoms with Crippen molar-refractivity contribution < 1.29 is 9.78 Å². The minimum atomic E-state index is 0.723. The van der Waals surface area contributed by atoms with Gasteiger partial charge >= 0.3 is 0 Å². The van der Waals surface area contributed by atoms with Crippen molar-refractivity contribution in [3.05, 3.63) is 0 Å². The highest BCUT2D eigenvalue weighted by Crippen LogP contribution is 2.08. The molecule has 2 nitrogen and oxygen atoms in total. The fourth-order valence-electron chi connectivity index (χ4n) is 0.778. The van der Waals surface area contributed by atoms with E-state index < -0.39 is 0 Å². The Hall–Kier alpha value is -0.0800. The molecule has 10 heavy (non-hydrogen) atoms. The van der Waals surface area contributed by atoms with E-state index in [4.69, 9.17) is 4.89 Å². The zero-order valence-electron chi connectivity index (χ0n) is 7.22. The summed E-state index contributed by atoms with van der Waals surface area (Å²) in [5, 5.41) is 0. The fourth-order valence-corrected chi connectivity index (χ4v) is 0.778. The molecule has 0 aromatic rings. The SMILES string of the molecule is CC[C@H](C)CCCOOC. The Bertz CT molecular complexity index is 64.3. The molecule has 2 heteroatoms. The van der Waals surface area contributed by atoms with Gasteiger partial charge in [-0.15, -0.1) is 0 Å². The molecule has 0 rings (SSSR count). The van der Waals surface area contributed by atoms with Crippen LogP contribution in [0.25, 0.3) is 0 Å². The van der Waals surface area contributed by atoms with Crippen LogP contribution in [0.3, 0.4) is 0 Å². The minimum absolute atomic E-state index is 0.723. The molecule has 0 aromatic heterocycles. The Morgan fingerprint density at radius 2 is 2.10 bits per heavy atom. The van der Waals surface area contributed by atoms with Crippen LogP contribution >= 0.6 is 0 Å². The predicted octanol–water partition coefficient (Wildman–Crippen LogP) is 2.39. The van der Waals surface area contributed by atoms with E-state index in [0.717, 1.165) is 18.9 Å². The van der Waals surface area contributed by atoms with Crippen LogP contribution in [-0.2, 0) is 9.78 Å². The molecular weight excluding hydrogens is 128 g/mol. The minimum Gasteiger partial charge on any atom is -0.240 e. The third-order valence-electron chi connectivity index (χ3n) is 1.74. The van der Waals surface area contributed by atoms with Crippen molar-refractivity contribution in [2.24, 2.45) is 5.92 Å². The van der Waals surface area contributed by atoms with Gasteiger partial charge in [-0.25, -0.2) is 9.78 Å². The van der Waals surface area contributed by atoms with E-state index in [9.17, 15) is 0 Å². The maximum Gasteiger partial charge on any atom is 0.0822 e. The summed E-state index contributed by atoms with van der Waals surface area (Å²) < 4.78 is 0. The van der Waals surface area contributed by atoms with E-state index in [-0.39, 0.29) is 0 Å². The van der Waals surface area contributed by atoms with Gasteiger partial charge in [0.1, 0.15) is 0 Å². The number of hydrogen-bond donors (Lipinski definition) is 0. The largest absolute Gasteiger partial charge is 0.240 e. The lowest BCUT2D eigenvalue weighted by Gasteiger charge is -2.06. The second-order valence-corrected chi connectivity index (χ2v) is 2.64. The van der Waals surface area contributed by atoms with Gasteiger partial charge in [0.15, 0.2) is 0 Å². The summed E-state index contributed by atoms with van der Waals surface area (Å²) >= 11 is 0. The smallest absolute Gasteiger partial charge is 0.0822 e. The van der Waals surface area contributed by atoms with Crippen molar-refractivity contribution in [3.63, 3.8) is 0 Å². The Morgan fingerprint density at radius 1 is 1.40 bits per heavy atom. The Morgan fingerprint density at radius 3 is 2.60 bits per heavy atom. The fraction of sp³-hybridized carbons (Fsp3) is 1.00. The van der Waals surface area contributed by atoms with Gasteiger partial charge in [0.05, 0.1) is 13.7 Å². The van der Waals surface area contributed by atoms with E-state index in [2.05, 4.69) is 18.7 Å². The summed E-state index contributed by atoms with van der Waals surface area (Å²) in [4.78, 5) is 9.19. The first kappa shape index (κ1) is 9.92. The lowest BCUT2D eigenvalue weighted by Crippen LogP contribution is -1.97. The highest BCUT2D eigenvalue weighted by Gasteiger charge is 1.97. The first-order chi connectivity index (χ1) is 4.81. The second kappa shape index (κ2) is 7.03. The van der Waals surface area contributed by atoms with Crippen LogP contribution in [0.2, 0.25) is 0 Å². The van der Waals surface area contributed by atoms with Crippen molar-refractivity contribution in [1.82, 2.24) is 0 Å². The van der Waals surface area contributed by atoms with Crippen LogP contribution in [0.4, 0.5) is 0 Å². The number of rotatable bonds is 6. The lowest BCUT2D eigenvalue weighted by atomic mass is 10.0. The second-order valence-electron chi connectivity index (χ2n) is 2.64. The van der Waals surface area contributed by atoms with E-state index in [1.807, 2.05) is 0 Å². The Balaban J connectivity index is 2.89. The molecule has 0 amide bonds. The van der Waals surface area contributed by atoms with Crippen LogP contribution in [0.1, 0.15) is 33.1 Å². The average Bonchev–Trinajstić information content (AvgIpc) is 1.98. The highest BCUT2D eigenvalue weighted by atomic mass is 17.2. The molecule has 0 spiro atoms. The Labute approximate surface area is 63.5 Å². The van der Waals surface area contributed by atoms with Crippen molar-refractivity contribution >= 4 is 0 Å². The molecule has 0 N–H and O–H groups in total. The third-order valence-corrected chi connectivity index (χ3v) is 1.74. The molecule has 0 aromatic carbocycles. The van der Waals surface area contributed by atoms with E-state index >= 15 is 0 Å². The molecule has 62 valence electrons. The standard InChI is InChI=1S/C8H18O2/c1-4-8(2)6-5-7-10-9-3/h8H,4-7H2,1-3H3/t8-/m0/s1. The summed E-state index contributed by atoms with van der Waals surface area (Å²) in [5.74, 6) is 0.820. The summed E-state index contributed by atoms with van der Waals surface area (Å²) in [5.41, 5.74) is 0. The molecular formula is C8H18O2. The highest BCUT2D eigenvalue weighted by molar-refractivity contribution is 4.48. The summed E-state index contributed by atoms with van der Waals surface area (Å²) in [6.45, 7) is 5.19. The van der Waals surface area contributed by atoms with Gasteiger partial charge in [0.25, 0.3) is 0 Å². The topological polar surface area (TPSA) is 18.5 Å². The van der Waals surface area contributed by atoms with Gasteiger partial charge in [-0.05, 0) is 18.8 Å². The lowest BCUT2D eigenvalue weighted by molar-refractivity contribution is -0.273. The van der Waals surface area contributed by atoms with E-state index in [0.29, 0.717) is 0 Å². The molecule has 0 radical (unpaired) electrons.